The second kappa shape index (κ2) is 7.32. The van der Waals surface area contributed by atoms with Gasteiger partial charge in [-0.1, -0.05) is 30.3 Å². The van der Waals surface area contributed by atoms with Gasteiger partial charge in [-0.25, -0.2) is 12.8 Å². The summed E-state index contributed by atoms with van der Waals surface area (Å²) in [5.41, 5.74) is -2.63. The molecular weight excluding hydrogens is 476 g/mol. The average Bonchev–Trinajstić information content (AvgIpc) is 3.13. The first-order chi connectivity index (χ1) is 14.8. The number of hydrogen-bond donors (Lipinski definition) is 2. The molecule has 0 amide bonds. The number of hydrogen-bond acceptors (Lipinski definition) is 6. The van der Waals surface area contributed by atoms with E-state index >= 15 is 0 Å². The Kier molecular flexibility index (Phi) is 5.21. The summed E-state index contributed by atoms with van der Waals surface area (Å²) in [5.74, 6) is -3.20. The quantitative estimate of drug-likeness (QED) is 0.592. The second-order valence-electron chi connectivity index (χ2n) is 7.80. The van der Waals surface area contributed by atoms with E-state index in [0.717, 1.165) is 23.9 Å². The number of nitrogens with one attached hydrogen (secondary N) is 1. The molecule has 7 nitrogen and oxygen atoms in total. The average molecular weight is 492 g/mol. The van der Waals surface area contributed by atoms with Gasteiger partial charge in [0.05, 0.1) is 0 Å². The number of alkyl halides is 3. The summed E-state index contributed by atoms with van der Waals surface area (Å²) in [5, 5.41) is 13.2. The third kappa shape index (κ3) is 3.71. The predicted molar refractivity (Wildman–Crippen MR) is 106 cm³/mol. The van der Waals surface area contributed by atoms with Gasteiger partial charge in [0.15, 0.2) is 0 Å². The molecule has 1 aliphatic heterocycles. The maximum absolute atomic E-state index is 13.3. The second-order valence-corrected chi connectivity index (χ2v) is 11.2. The van der Waals surface area contributed by atoms with Crippen molar-refractivity contribution in [1.29, 1.82) is 0 Å². The minimum absolute atomic E-state index is 0.0455. The molecule has 2 heterocycles. The van der Waals surface area contributed by atoms with E-state index in [0.29, 0.717) is 11.6 Å². The van der Waals surface area contributed by atoms with Crippen molar-refractivity contribution in [3.8, 4) is 0 Å². The Morgan fingerprint density at radius 2 is 1.97 bits per heavy atom. The van der Waals surface area contributed by atoms with Crippen LogP contribution in [0.2, 0.25) is 0 Å². The number of aliphatic carboxylic acids is 1. The molecule has 0 bridgehead atoms. The van der Waals surface area contributed by atoms with Crippen LogP contribution in [-0.2, 0) is 26.4 Å². The summed E-state index contributed by atoms with van der Waals surface area (Å²) in [6.45, 7) is 1.57. The van der Waals surface area contributed by atoms with Gasteiger partial charge in [0.1, 0.15) is 21.6 Å². The molecule has 1 aromatic carbocycles. The first-order valence-electron chi connectivity index (χ1n) is 9.22. The fourth-order valence-corrected chi connectivity index (χ4v) is 6.98. The highest BCUT2D eigenvalue weighted by Gasteiger charge is 2.72. The molecule has 0 spiro atoms. The number of benzene rings is 1. The van der Waals surface area contributed by atoms with Crippen LogP contribution in [0.4, 0.5) is 17.6 Å². The summed E-state index contributed by atoms with van der Waals surface area (Å²) in [6.07, 6.45) is -3.43. The van der Waals surface area contributed by atoms with E-state index in [1.54, 1.807) is 6.92 Å². The van der Waals surface area contributed by atoms with E-state index in [2.05, 4.69) is 14.4 Å². The van der Waals surface area contributed by atoms with Crippen LogP contribution in [-0.4, -0.2) is 34.8 Å². The van der Waals surface area contributed by atoms with Crippen molar-refractivity contribution in [3.05, 3.63) is 59.2 Å². The topological polar surface area (TPSA) is 110 Å². The minimum Gasteiger partial charge on any atom is -0.480 e. The molecule has 0 saturated heterocycles. The predicted octanol–water partition coefficient (Wildman–Crippen LogP) is 3.74. The van der Waals surface area contributed by atoms with Crippen molar-refractivity contribution >= 4 is 32.7 Å². The van der Waals surface area contributed by atoms with Gasteiger partial charge in [0.2, 0.25) is 15.8 Å². The van der Waals surface area contributed by atoms with Crippen LogP contribution < -0.4 is 4.72 Å². The molecule has 3 unspecified atom stereocenters. The number of thioether (sulfide) groups is 1. The maximum atomic E-state index is 13.3. The van der Waals surface area contributed by atoms with Crippen LogP contribution in [0.3, 0.4) is 0 Å². The Balaban J connectivity index is 1.52. The van der Waals surface area contributed by atoms with Gasteiger partial charge in [-0.2, -0.15) is 17.9 Å². The Bertz CT molecular complexity index is 1210. The van der Waals surface area contributed by atoms with E-state index in [1.807, 2.05) is 0 Å². The number of allylic oxidation sites excluding steroid dienone is 1. The SMILES string of the molecule is CC1(c2ccc(F)cc2)CC1(NS(=O)(=O)C1CC=C(c2cc(C(F)(F)F)on2)S1)C(=O)O. The Hall–Kier alpha value is -2.38. The summed E-state index contributed by atoms with van der Waals surface area (Å²) in [4.78, 5) is 12.2. The van der Waals surface area contributed by atoms with Crippen LogP contribution in [0.5, 0.6) is 0 Å². The van der Waals surface area contributed by atoms with E-state index in [-0.39, 0.29) is 23.4 Å². The molecule has 32 heavy (non-hydrogen) atoms. The molecule has 1 fully saturated rings. The number of sulfonamides is 1. The first-order valence-corrected chi connectivity index (χ1v) is 11.6. The molecule has 1 aliphatic carbocycles. The highest BCUT2D eigenvalue weighted by molar-refractivity contribution is 8.18. The summed E-state index contributed by atoms with van der Waals surface area (Å²) in [6, 6.07) is 5.81. The van der Waals surface area contributed by atoms with Gasteiger partial charge in [0.25, 0.3) is 0 Å². The number of carbonyl (C=O) groups is 1. The highest BCUT2D eigenvalue weighted by Crippen LogP contribution is 2.58. The van der Waals surface area contributed by atoms with E-state index in [1.165, 1.54) is 18.2 Å². The fraction of sp³-hybridized carbons (Fsp3) is 0.368. The fourth-order valence-electron chi connectivity index (χ4n) is 3.79. The van der Waals surface area contributed by atoms with Crippen molar-refractivity contribution in [2.45, 2.75) is 41.5 Å². The lowest BCUT2D eigenvalue weighted by molar-refractivity contribution is -0.155. The monoisotopic (exact) mass is 492 g/mol. The number of carboxylic acids is 1. The van der Waals surface area contributed by atoms with Gasteiger partial charge in [-0.05, 0) is 30.5 Å². The maximum Gasteiger partial charge on any atom is 0.452 e. The van der Waals surface area contributed by atoms with Gasteiger partial charge < -0.3 is 9.63 Å². The Morgan fingerprint density at radius 1 is 1.31 bits per heavy atom. The van der Waals surface area contributed by atoms with Crippen molar-refractivity contribution in [3.63, 3.8) is 0 Å². The van der Waals surface area contributed by atoms with Gasteiger partial charge >= 0.3 is 12.1 Å². The van der Waals surface area contributed by atoms with Crippen LogP contribution in [0.25, 0.3) is 4.91 Å². The lowest BCUT2D eigenvalue weighted by atomic mass is 9.93. The Morgan fingerprint density at radius 3 is 2.53 bits per heavy atom. The van der Waals surface area contributed by atoms with Gasteiger partial charge in [-0.15, -0.1) is 11.8 Å². The zero-order valence-electron chi connectivity index (χ0n) is 16.3. The number of halogens is 4. The lowest BCUT2D eigenvalue weighted by Gasteiger charge is -2.23. The summed E-state index contributed by atoms with van der Waals surface area (Å²) < 4.78 is 82.8. The van der Waals surface area contributed by atoms with Gasteiger partial charge in [0, 0.05) is 16.4 Å². The molecule has 2 aromatic rings. The molecule has 1 saturated carbocycles. The summed E-state index contributed by atoms with van der Waals surface area (Å²) in [7, 11) is -4.22. The van der Waals surface area contributed by atoms with Gasteiger partial charge in [-0.3, -0.25) is 4.79 Å². The van der Waals surface area contributed by atoms with Crippen molar-refractivity contribution in [2.24, 2.45) is 0 Å². The van der Waals surface area contributed by atoms with Crippen molar-refractivity contribution in [2.75, 3.05) is 0 Å². The minimum atomic E-state index is -4.73. The third-order valence-electron chi connectivity index (χ3n) is 5.74. The summed E-state index contributed by atoms with van der Waals surface area (Å²) >= 11 is 0.751. The largest absolute Gasteiger partial charge is 0.480 e. The van der Waals surface area contributed by atoms with Crippen molar-refractivity contribution < 1.29 is 40.4 Å². The standard InChI is InChI=1S/C19H16F4N2O5S2/c1-17(10-2-4-11(20)5-3-10)9-18(17,16(26)27)25-32(28,29)15-7-6-13(31-15)12-8-14(30-24-12)19(21,22)23/h2-6,8,15,25H,7,9H2,1H3,(H,26,27). The van der Waals surface area contributed by atoms with Crippen molar-refractivity contribution in [1.82, 2.24) is 9.88 Å². The molecule has 1 aromatic heterocycles. The molecule has 2 N–H and O–H groups in total. The zero-order chi connectivity index (χ0) is 23.5. The number of nitrogens with zero attached hydrogens (tertiary/aromatic N) is 1. The Labute approximate surface area is 183 Å². The van der Waals surface area contributed by atoms with E-state index in [9.17, 15) is 35.9 Å². The van der Waals surface area contributed by atoms with E-state index in [4.69, 9.17) is 0 Å². The number of carboxylic acid groups (broad SMARTS) is 1. The smallest absolute Gasteiger partial charge is 0.452 e. The normalized spacial score (nSPS) is 27.9. The molecule has 0 radical (unpaired) electrons. The van der Waals surface area contributed by atoms with E-state index < -0.39 is 49.3 Å². The third-order valence-corrected chi connectivity index (χ3v) is 9.39. The highest BCUT2D eigenvalue weighted by atomic mass is 32.3. The first kappa shape index (κ1) is 22.8. The lowest BCUT2D eigenvalue weighted by Crippen LogP contribution is -2.50. The number of aromatic nitrogens is 1. The van der Waals surface area contributed by atoms with Crippen LogP contribution in [0.1, 0.15) is 36.8 Å². The molecule has 4 rings (SSSR count). The zero-order valence-corrected chi connectivity index (χ0v) is 17.9. The molecular formula is C19H16F4N2O5S2. The molecule has 2 aliphatic rings. The molecule has 13 heteroatoms. The van der Waals surface area contributed by atoms with Crippen LogP contribution in [0, 0.1) is 5.82 Å². The van der Waals surface area contributed by atoms with Crippen LogP contribution in [0.15, 0.2) is 40.9 Å². The number of rotatable bonds is 6. The molecule has 172 valence electrons. The van der Waals surface area contributed by atoms with Crippen LogP contribution >= 0.6 is 11.8 Å². The molecule has 3 atom stereocenters.